The largest absolute Gasteiger partial charge is 0.416 e. The molecule has 0 aliphatic heterocycles. The fourth-order valence-corrected chi connectivity index (χ4v) is 2.30. The van der Waals surface area contributed by atoms with Crippen LogP contribution < -0.4 is 10.6 Å². The minimum Gasteiger partial charge on any atom is -0.376 e. The number of benzene rings is 1. The molecule has 1 aromatic heterocycles. The van der Waals surface area contributed by atoms with Gasteiger partial charge in [-0.2, -0.15) is 18.3 Å². The zero-order valence-corrected chi connectivity index (χ0v) is 13.9. The van der Waals surface area contributed by atoms with E-state index in [1.165, 1.54) is 6.07 Å². The van der Waals surface area contributed by atoms with Gasteiger partial charge in [0.15, 0.2) is 0 Å². The number of rotatable bonds is 4. The van der Waals surface area contributed by atoms with E-state index in [0.717, 1.165) is 17.8 Å². The maximum atomic E-state index is 12.8. The number of nitrogens with zero attached hydrogens (tertiary/aromatic N) is 2. The van der Waals surface area contributed by atoms with E-state index in [-0.39, 0.29) is 18.1 Å². The highest BCUT2D eigenvalue weighted by atomic mass is 19.4. The van der Waals surface area contributed by atoms with Crippen molar-refractivity contribution >= 4 is 17.3 Å². The number of carbonyl (C=O) groups is 1. The van der Waals surface area contributed by atoms with Crippen molar-refractivity contribution in [1.29, 1.82) is 0 Å². The fourth-order valence-electron chi connectivity index (χ4n) is 2.30. The quantitative estimate of drug-likeness (QED) is 0.897. The zero-order chi connectivity index (χ0) is 18.1. The average Bonchev–Trinajstić information content (AvgIpc) is 2.71. The summed E-state index contributed by atoms with van der Waals surface area (Å²) in [6, 6.07) is 3.39. The molecule has 2 N–H and O–H groups in total. The lowest BCUT2D eigenvalue weighted by Crippen LogP contribution is -2.23. The van der Waals surface area contributed by atoms with Crippen LogP contribution in [0.3, 0.4) is 0 Å². The molecule has 0 aliphatic rings. The van der Waals surface area contributed by atoms with Gasteiger partial charge in [0.1, 0.15) is 0 Å². The third-order valence-electron chi connectivity index (χ3n) is 3.78. The van der Waals surface area contributed by atoms with Crippen LogP contribution >= 0.6 is 0 Å². The van der Waals surface area contributed by atoms with Gasteiger partial charge in [0, 0.05) is 12.7 Å². The summed E-state index contributed by atoms with van der Waals surface area (Å²) in [4.78, 5) is 12.1. The Morgan fingerprint density at radius 1 is 1.25 bits per heavy atom. The molecule has 0 saturated heterocycles. The summed E-state index contributed by atoms with van der Waals surface area (Å²) in [5.41, 5.74) is 2.25. The van der Waals surface area contributed by atoms with Crippen molar-refractivity contribution in [2.75, 3.05) is 17.2 Å². The first kappa shape index (κ1) is 17.8. The lowest BCUT2D eigenvalue weighted by molar-refractivity contribution is -0.137. The van der Waals surface area contributed by atoms with Crippen molar-refractivity contribution in [2.24, 2.45) is 7.05 Å². The van der Waals surface area contributed by atoms with Crippen molar-refractivity contribution in [3.8, 4) is 0 Å². The van der Waals surface area contributed by atoms with Crippen LogP contribution in [-0.2, 0) is 18.0 Å². The van der Waals surface area contributed by atoms with Crippen molar-refractivity contribution < 1.29 is 18.0 Å². The highest BCUT2D eigenvalue weighted by Crippen LogP contribution is 2.32. The molecule has 1 heterocycles. The van der Waals surface area contributed by atoms with Gasteiger partial charge in [-0.3, -0.25) is 9.48 Å². The number of halogens is 3. The average molecular weight is 340 g/mol. The van der Waals surface area contributed by atoms with Crippen molar-refractivity contribution in [3.63, 3.8) is 0 Å². The lowest BCUT2D eigenvalue weighted by Gasteiger charge is -2.13. The van der Waals surface area contributed by atoms with E-state index in [1.54, 1.807) is 25.6 Å². The molecule has 130 valence electrons. The molecule has 0 unspecified atom stereocenters. The first-order chi connectivity index (χ1) is 11.1. The van der Waals surface area contributed by atoms with Crippen LogP contribution in [0.15, 0.2) is 18.2 Å². The smallest absolute Gasteiger partial charge is 0.376 e. The van der Waals surface area contributed by atoms with Gasteiger partial charge in [-0.25, -0.2) is 0 Å². The molecule has 2 rings (SSSR count). The number of aromatic nitrogens is 2. The maximum absolute atomic E-state index is 12.8. The Hall–Kier alpha value is -2.51. The summed E-state index contributed by atoms with van der Waals surface area (Å²) in [7, 11) is 1.77. The van der Waals surface area contributed by atoms with Crippen LogP contribution in [0.25, 0.3) is 0 Å². The van der Waals surface area contributed by atoms with Gasteiger partial charge in [-0.05, 0) is 38.5 Å². The molecule has 1 amide bonds. The molecule has 0 bridgehead atoms. The van der Waals surface area contributed by atoms with E-state index >= 15 is 0 Å². The SMILES string of the molecule is Cc1ccc(C(F)(F)F)cc1NCC(=O)Nc1c(C)nn(C)c1C. The van der Waals surface area contributed by atoms with E-state index in [4.69, 9.17) is 0 Å². The van der Waals surface area contributed by atoms with Gasteiger partial charge < -0.3 is 10.6 Å². The zero-order valence-electron chi connectivity index (χ0n) is 13.9. The fraction of sp³-hybridized carbons (Fsp3) is 0.375. The maximum Gasteiger partial charge on any atom is 0.416 e. The Morgan fingerprint density at radius 3 is 2.46 bits per heavy atom. The molecule has 0 atom stereocenters. The highest BCUT2D eigenvalue weighted by molar-refractivity contribution is 5.94. The van der Waals surface area contributed by atoms with Crippen LogP contribution in [-0.4, -0.2) is 22.2 Å². The predicted octanol–water partition coefficient (Wildman–Crippen LogP) is 3.41. The molecule has 0 aliphatic carbocycles. The van der Waals surface area contributed by atoms with Crippen molar-refractivity contribution in [3.05, 3.63) is 40.7 Å². The first-order valence-corrected chi connectivity index (χ1v) is 7.31. The second kappa shape index (κ2) is 6.54. The highest BCUT2D eigenvalue weighted by Gasteiger charge is 2.30. The van der Waals surface area contributed by atoms with Crippen LogP contribution in [0.2, 0.25) is 0 Å². The molecule has 0 fully saturated rings. The molecule has 2 aromatic rings. The van der Waals surface area contributed by atoms with Crippen molar-refractivity contribution in [2.45, 2.75) is 26.9 Å². The molecule has 8 heteroatoms. The molecular weight excluding hydrogens is 321 g/mol. The number of carbonyl (C=O) groups excluding carboxylic acids is 1. The Bertz CT molecular complexity index is 765. The number of nitrogens with one attached hydrogen (secondary N) is 2. The summed E-state index contributed by atoms with van der Waals surface area (Å²) in [5.74, 6) is -0.356. The number of amides is 1. The summed E-state index contributed by atoms with van der Waals surface area (Å²) < 4.78 is 39.9. The molecule has 0 radical (unpaired) electrons. The lowest BCUT2D eigenvalue weighted by atomic mass is 10.1. The molecule has 5 nitrogen and oxygen atoms in total. The van der Waals surface area contributed by atoms with E-state index in [9.17, 15) is 18.0 Å². The van der Waals surface area contributed by atoms with E-state index in [2.05, 4.69) is 15.7 Å². The van der Waals surface area contributed by atoms with Crippen LogP contribution in [0.5, 0.6) is 0 Å². The standard InChI is InChI=1S/C16H19F3N4O/c1-9-5-6-12(16(17,18)19)7-13(9)20-8-14(24)21-15-10(2)22-23(4)11(15)3/h5-7,20H,8H2,1-4H3,(H,21,24). The minimum absolute atomic E-state index is 0.143. The van der Waals surface area contributed by atoms with Crippen molar-refractivity contribution in [1.82, 2.24) is 9.78 Å². The third kappa shape index (κ3) is 3.87. The number of aryl methyl sites for hydroxylation is 3. The third-order valence-corrected chi connectivity index (χ3v) is 3.78. The molecule has 24 heavy (non-hydrogen) atoms. The number of hydrogen-bond donors (Lipinski definition) is 2. The summed E-state index contributed by atoms with van der Waals surface area (Å²) in [6.45, 7) is 5.12. The second-order valence-corrected chi connectivity index (χ2v) is 5.60. The Morgan fingerprint density at radius 2 is 1.92 bits per heavy atom. The Balaban J connectivity index is 2.07. The second-order valence-electron chi connectivity index (χ2n) is 5.60. The van der Waals surface area contributed by atoms with Crippen LogP contribution in [0.4, 0.5) is 24.5 Å². The molecule has 1 aromatic carbocycles. The van der Waals surface area contributed by atoms with Gasteiger partial charge in [0.05, 0.1) is 29.2 Å². The number of alkyl halides is 3. The van der Waals surface area contributed by atoms with E-state index in [0.29, 0.717) is 16.9 Å². The van der Waals surface area contributed by atoms with E-state index < -0.39 is 11.7 Å². The monoisotopic (exact) mass is 340 g/mol. The predicted molar refractivity (Wildman–Crippen MR) is 86.0 cm³/mol. The molecule has 0 spiro atoms. The summed E-state index contributed by atoms with van der Waals surface area (Å²) >= 11 is 0. The van der Waals surface area contributed by atoms with Gasteiger partial charge in [-0.1, -0.05) is 6.07 Å². The normalized spacial score (nSPS) is 11.5. The molecule has 0 saturated carbocycles. The van der Waals surface area contributed by atoms with Crippen LogP contribution in [0.1, 0.15) is 22.5 Å². The number of anilines is 2. The summed E-state index contributed by atoms with van der Waals surface area (Å²) in [6.07, 6.45) is -4.42. The summed E-state index contributed by atoms with van der Waals surface area (Å²) in [5, 5.41) is 9.67. The molecular formula is C16H19F3N4O. The van der Waals surface area contributed by atoms with Gasteiger partial charge in [0.2, 0.25) is 5.91 Å². The van der Waals surface area contributed by atoms with Gasteiger partial charge in [0.25, 0.3) is 0 Å². The van der Waals surface area contributed by atoms with E-state index in [1.807, 2.05) is 6.92 Å². The topological polar surface area (TPSA) is 59.0 Å². The number of hydrogen-bond acceptors (Lipinski definition) is 3. The Labute approximate surface area is 137 Å². The minimum atomic E-state index is -4.42. The first-order valence-electron chi connectivity index (χ1n) is 7.31. The van der Waals surface area contributed by atoms with Gasteiger partial charge in [-0.15, -0.1) is 0 Å². The van der Waals surface area contributed by atoms with Gasteiger partial charge >= 0.3 is 6.18 Å². The Kier molecular flexibility index (Phi) is 4.86. The van der Waals surface area contributed by atoms with Crippen LogP contribution in [0, 0.1) is 20.8 Å².